The lowest BCUT2D eigenvalue weighted by Crippen LogP contribution is -2.28. The molecule has 2 aromatic rings. The fraction of sp³-hybridized carbons (Fsp3) is 0.389. The predicted molar refractivity (Wildman–Crippen MR) is 95.2 cm³/mol. The Labute approximate surface area is 141 Å². The monoisotopic (exact) mass is 328 g/mol. The molecule has 0 atom stereocenters. The number of hydrogen-bond donors (Lipinski definition) is 3. The molecule has 1 aromatic carbocycles. The van der Waals surface area contributed by atoms with Crippen LogP contribution >= 0.6 is 0 Å². The highest BCUT2D eigenvalue weighted by molar-refractivity contribution is 5.99. The fourth-order valence-corrected chi connectivity index (χ4v) is 2.23. The first-order chi connectivity index (χ1) is 11.5. The predicted octanol–water partition coefficient (Wildman–Crippen LogP) is 2.33. The first kappa shape index (κ1) is 17.7. The summed E-state index contributed by atoms with van der Waals surface area (Å²) in [5.74, 6) is 0.934. The lowest BCUT2D eigenvalue weighted by molar-refractivity contribution is 0.0950. The maximum atomic E-state index is 12.3. The quantitative estimate of drug-likeness (QED) is 0.728. The van der Waals surface area contributed by atoms with Crippen LogP contribution < -0.4 is 16.2 Å². The van der Waals surface area contributed by atoms with Gasteiger partial charge >= 0.3 is 0 Å². The molecule has 3 N–H and O–H groups in total. The average molecular weight is 328 g/mol. The molecule has 128 valence electrons. The van der Waals surface area contributed by atoms with Crippen molar-refractivity contribution in [1.29, 1.82) is 0 Å². The Morgan fingerprint density at radius 3 is 2.75 bits per heavy atom. The zero-order valence-electron chi connectivity index (χ0n) is 14.3. The molecule has 0 saturated heterocycles. The van der Waals surface area contributed by atoms with Gasteiger partial charge in [-0.15, -0.1) is 0 Å². The summed E-state index contributed by atoms with van der Waals surface area (Å²) in [4.78, 5) is 31.0. The Kier molecular flexibility index (Phi) is 6.12. The molecule has 0 unspecified atom stereocenters. The van der Waals surface area contributed by atoms with E-state index in [4.69, 9.17) is 0 Å². The summed E-state index contributed by atoms with van der Waals surface area (Å²) in [6.45, 7) is 7.04. The third-order valence-corrected chi connectivity index (χ3v) is 3.48. The number of aryl methyl sites for hydroxylation is 1. The number of benzene rings is 1. The lowest BCUT2D eigenvalue weighted by Gasteiger charge is -2.13. The van der Waals surface area contributed by atoms with Crippen molar-refractivity contribution in [3.8, 4) is 0 Å². The number of amides is 1. The Hall–Kier alpha value is -2.63. The van der Waals surface area contributed by atoms with Crippen LogP contribution in [0.3, 0.4) is 0 Å². The second-order valence-corrected chi connectivity index (χ2v) is 6.04. The van der Waals surface area contributed by atoms with Gasteiger partial charge in [-0.2, -0.15) is 0 Å². The first-order valence-corrected chi connectivity index (χ1v) is 8.19. The number of carbonyl (C=O) groups is 1. The standard InChI is InChI=1S/C18H24N4O2/c1-4-16-21-13(9-17(23)22-16)11-19-15-8-6-5-7-14(15)18(24)20-10-12(2)3/h5-9,12,19H,4,10-11H2,1-3H3,(H,20,24)(H,21,22,23). The van der Waals surface area contributed by atoms with Gasteiger partial charge in [0, 0.05) is 24.7 Å². The maximum absolute atomic E-state index is 12.3. The SMILES string of the molecule is CCc1nc(CNc2ccccc2C(=O)NCC(C)C)cc(=O)[nH]1. The van der Waals surface area contributed by atoms with Crippen molar-refractivity contribution in [3.63, 3.8) is 0 Å². The summed E-state index contributed by atoms with van der Waals surface area (Å²) in [5, 5.41) is 6.12. The zero-order valence-corrected chi connectivity index (χ0v) is 14.3. The second kappa shape index (κ2) is 8.29. The summed E-state index contributed by atoms with van der Waals surface area (Å²) in [7, 11) is 0. The van der Waals surface area contributed by atoms with Crippen molar-refractivity contribution in [2.24, 2.45) is 5.92 Å². The van der Waals surface area contributed by atoms with Crippen LogP contribution in [0.2, 0.25) is 0 Å². The van der Waals surface area contributed by atoms with E-state index in [1.54, 1.807) is 6.07 Å². The molecule has 0 aliphatic rings. The van der Waals surface area contributed by atoms with Gasteiger partial charge in [-0.3, -0.25) is 9.59 Å². The van der Waals surface area contributed by atoms with Crippen LogP contribution in [-0.4, -0.2) is 22.4 Å². The highest BCUT2D eigenvalue weighted by atomic mass is 16.1. The van der Waals surface area contributed by atoms with E-state index >= 15 is 0 Å². The zero-order chi connectivity index (χ0) is 17.5. The molecule has 0 fully saturated rings. The minimum Gasteiger partial charge on any atom is -0.379 e. The number of aromatic nitrogens is 2. The smallest absolute Gasteiger partial charge is 0.253 e. The minimum absolute atomic E-state index is 0.111. The Balaban J connectivity index is 2.12. The molecule has 1 heterocycles. The molecule has 0 aliphatic carbocycles. The molecule has 6 heteroatoms. The van der Waals surface area contributed by atoms with Crippen molar-refractivity contribution < 1.29 is 4.79 Å². The van der Waals surface area contributed by atoms with E-state index in [9.17, 15) is 9.59 Å². The second-order valence-electron chi connectivity index (χ2n) is 6.04. The van der Waals surface area contributed by atoms with E-state index in [1.165, 1.54) is 6.07 Å². The molecule has 0 bridgehead atoms. The van der Waals surface area contributed by atoms with Crippen LogP contribution in [-0.2, 0) is 13.0 Å². The third kappa shape index (κ3) is 4.94. The van der Waals surface area contributed by atoms with Crippen molar-refractivity contribution in [2.75, 3.05) is 11.9 Å². The minimum atomic E-state index is -0.165. The lowest BCUT2D eigenvalue weighted by atomic mass is 10.1. The van der Waals surface area contributed by atoms with E-state index in [0.29, 0.717) is 42.5 Å². The number of hydrogen-bond acceptors (Lipinski definition) is 4. The maximum Gasteiger partial charge on any atom is 0.253 e. The number of anilines is 1. The highest BCUT2D eigenvalue weighted by Gasteiger charge is 2.11. The molecule has 0 spiro atoms. The molecule has 1 amide bonds. The number of aromatic amines is 1. The summed E-state index contributed by atoms with van der Waals surface area (Å²) < 4.78 is 0. The van der Waals surface area contributed by atoms with Crippen LogP contribution in [0.1, 0.15) is 42.6 Å². The van der Waals surface area contributed by atoms with Crippen molar-refractivity contribution in [3.05, 3.63) is 57.8 Å². The third-order valence-electron chi connectivity index (χ3n) is 3.48. The molecule has 6 nitrogen and oxygen atoms in total. The molecule has 0 aliphatic heterocycles. The van der Waals surface area contributed by atoms with Gasteiger partial charge in [0.25, 0.3) is 11.5 Å². The Morgan fingerprint density at radius 2 is 2.04 bits per heavy atom. The van der Waals surface area contributed by atoms with Crippen LogP contribution in [0.5, 0.6) is 0 Å². The average Bonchev–Trinajstić information content (AvgIpc) is 2.57. The number of H-pyrrole nitrogens is 1. The van der Waals surface area contributed by atoms with Gasteiger partial charge in [-0.25, -0.2) is 4.98 Å². The van der Waals surface area contributed by atoms with E-state index < -0.39 is 0 Å². The number of nitrogens with one attached hydrogen (secondary N) is 3. The summed E-state index contributed by atoms with van der Waals surface area (Å²) >= 11 is 0. The van der Waals surface area contributed by atoms with Gasteiger partial charge in [-0.05, 0) is 18.1 Å². The summed E-state index contributed by atoms with van der Waals surface area (Å²) in [6, 6.07) is 8.78. The van der Waals surface area contributed by atoms with E-state index in [2.05, 4.69) is 20.6 Å². The topological polar surface area (TPSA) is 86.9 Å². The van der Waals surface area contributed by atoms with Gasteiger partial charge in [0.2, 0.25) is 0 Å². The van der Waals surface area contributed by atoms with Crippen LogP contribution in [0, 0.1) is 5.92 Å². The molecule has 24 heavy (non-hydrogen) atoms. The molecule has 2 rings (SSSR count). The largest absolute Gasteiger partial charge is 0.379 e. The first-order valence-electron chi connectivity index (χ1n) is 8.19. The van der Waals surface area contributed by atoms with Gasteiger partial charge in [0.05, 0.1) is 17.8 Å². The van der Waals surface area contributed by atoms with Crippen molar-refractivity contribution in [1.82, 2.24) is 15.3 Å². The van der Waals surface area contributed by atoms with E-state index in [0.717, 1.165) is 5.69 Å². The van der Waals surface area contributed by atoms with E-state index in [1.807, 2.05) is 39.0 Å². The normalized spacial score (nSPS) is 10.7. The molecular formula is C18H24N4O2. The van der Waals surface area contributed by atoms with Crippen molar-refractivity contribution >= 4 is 11.6 Å². The molecule has 1 aromatic heterocycles. The number of carbonyl (C=O) groups excluding carboxylic acids is 1. The summed E-state index contributed by atoms with van der Waals surface area (Å²) in [6.07, 6.45) is 0.664. The fourth-order valence-electron chi connectivity index (χ4n) is 2.23. The molecule has 0 saturated carbocycles. The van der Waals surface area contributed by atoms with Crippen molar-refractivity contribution in [2.45, 2.75) is 33.7 Å². The van der Waals surface area contributed by atoms with Gasteiger partial charge in [0.1, 0.15) is 5.82 Å². The number of rotatable bonds is 7. The van der Waals surface area contributed by atoms with Gasteiger partial charge in [-0.1, -0.05) is 32.9 Å². The van der Waals surface area contributed by atoms with E-state index in [-0.39, 0.29) is 11.5 Å². The van der Waals surface area contributed by atoms with Crippen LogP contribution in [0.15, 0.2) is 35.1 Å². The Morgan fingerprint density at radius 1 is 1.29 bits per heavy atom. The number of nitrogens with zero attached hydrogens (tertiary/aromatic N) is 1. The number of para-hydroxylation sites is 1. The van der Waals surface area contributed by atoms with Crippen LogP contribution in [0.4, 0.5) is 5.69 Å². The van der Waals surface area contributed by atoms with Gasteiger partial charge in [0.15, 0.2) is 0 Å². The Bertz CT molecular complexity index is 753. The van der Waals surface area contributed by atoms with Crippen LogP contribution in [0.25, 0.3) is 0 Å². The highest BCUT2D eigenvalue weighted by Crippen LogP contribution is 2.15. The summed E-state index contributed by atoms with van der Waals surface area (Å²) in [5.41, 5.74) is 1.78. The molecular weight excluding hydrogens is 304 g/mol. The van der Waals surface area contributed by atoms with Gasteiger partial charge < -0.3 is 15.6 Å². The molecule has 0 radical (unpaired) electrons.